The molecule has 1 aromatic rings. The summed E-state index contributed by atoms with van der Waals surface area (Å²) >= 11 is 0. The number of nitrogens with one attached hydrogen (secondary N) is 1. The van der Waals surface area contributed by atoms with Crippen molar-refractivity contribution in [1.82, 2.24) is 5.32 Å². The van der Waals surface area contributed by atoms with Gasteiger partial charge in [0.25, 0.3) is 0 Å². The van der Waals surface area contributed by atoms with Gasteiger partial charge in [0.1, 0.15) is 0 Å². The van der Waals surface area contributed by atoms with Gasteiger partial charge in [-0.15, -0.1) is 0 Å². The van der Waals surface area contributed by atoms with Crippen molar-refractivity contribution in [2.45, 2.75) is 46.2 Å². The third-order valence-electron chi connectivity index (χ3n) is 2.82. The van der Waals surface area contributed by atoms with Crippen LogP contribution in [0.4, 0.5) is 5.69 Å². The van der Waals surface area contributed by atoms with E-state index in [1.807, 2.05) is 18.2 Å². The zero-order valence-corrected chi connectivity index (χ0v) is 10.8. The van der Waals surface area contributed by atoms with E-state index in [1.54, 1.807) is 0 Å². The van der Waals surface area contributed by atoms with Crippen molar-refractivity contribution < 1.29 is 0 Å². The molecular weight excluding hydrogens is 196 g/mol. The number of nitrogens with two attached hydrogens (primary N) is 1. The Hall–Kier alpha value is -1.02. The van der Waals surface area contributed by atoms with E-state index in [9.17, 15) is 0 Å². The summed E-state index contributed by atoms with van der Waals surface area (Å²) in [4.78, 5) is 0. The predicted octanol–water partition coefficient (Wildman–Crippen LogP) is 3.35. The lowest BCUT2D eigenvalue weighted by Gasteiger charge is -2.22. The normalized spacial score (nSPS) is 15.1. The van der Waals surface area contributed by atoms with Gasteiger partial charge in [0, 0.05) is 17.8 Å². The van der Waals surface area contributed by atoms with Crippen LogP contribution in [0.5, 0.6) is 0 Å². The van der Waals surface area contributed by atoms with Crippen molar-refractivity contribution in [3.8, 4) is 0 Å². The van der Waals surface area contributed by atoms with Crippen LogP contribution < -0.4 is 11.1 Å². The second kappa shape index (κ2) is 5.90. The van der Waals surface area contributed by atoms with Crippen LogP contribution in [0.1, 0.15) is 45.7 Å². The number of benzene rings is 1. The molecule has 0 aliphatic heterocycles. The van der Waals surface area contributed by atoms with E-state index in [-0.39, 0.29) is 0 Å². The Balaban J connectivity index is 2.58. The van der Waals surface area contributed by atoms with Crippen LogP contribution in [0.2, 0.25) is 0 Å². The quantitative estimate of drug-likeness (QED) is 0.747. The largest absolute Gasteiger partial charge is 0.398 e. The first-order valence-corrected chi connectivity index (χ1v) is 6.11. The van der Waals surface area contributed by atoms with E-state index < -0.39 is 0 Å². The maximum Gasteiger partial charge on any atom is 0.0362 e. The fraction of sp³-hybridized carbons (Fsp3) is 0.571. The first kappa shape index (κ1) is 13.0. The highest BCUT2D eigenvalue weighted by Crippen LogP contribution is 2.20. The second-order valence-electron chi connectivity index (χ2n) is 5.05. The number of nitrogen functional groups attached to an aromatic ring is 1. The third-order valence-corrected chi connectivity index (χ3v) is 2.82. The standard InChI is InChI=1S/C14H24N2/c1-10(2)9-11(3)16-12(4)13-7-5-6-8-14(13)15/h5-8,10-12,16H,9,15H2,1-4H3. The van der Waals surface area contributed by atoms with Crippen LogP contribution >= 0.6 is 0 Å². The van der Waals surface area contributed by atoms with Crippen LogP contribution in [0.3, 0.4) is 0 Å². The van der Waals surface area contributed by atoms with E-state index >= 15 is 0 Å². The van der Waals surface area contributed by atoms with Crippen molar-refractivity contribution >= 4 is 5.69 Å². The molecule has 0 aromatic heterocycles. The molecule has 0 amide bonds. The first-order chi connectivity index (χ1) is 7.50. The zero-order valence-electron chi connectivity index (χ0n) is 10.8. The molecule has 0 fully saturated rings. The minimum atomic E-state index is 0.315. The van der Waals surface area contributed by atoms with Gasteiger partial charge in [0.15, 0.2) is 0 Å². The molecule has 2 atom stereocenters. The molecule has 2 nitrogen and oxygen atoms in total. The summed E-state index contributed by atoms with van der Waals surface area (Å²) in [5.41, 5.74) is 8.03. The van der Waals surface area contributed by atoms with Crippen molar-refractivity contribution in [2.75, 3.05) is 5.73 Å². The molecular formula is C14H24N2. The van der Waals surface area contributed by atoms with E-state index in [0.717, 1.165) is 11.6 Å². The fourth-order valence-electron chi connectivity index (χ4n) is 2.20. The highest BCUT2D eigenvalue weighted by molar-refractivity contribution is 5.47. The topological polar surface area (TPSA) is 38.0 Å². The maximum absolute atomic E-state index is 5.96. The van der Waals surface area contributed by atoms with Crippen molar-refractivity contribution in [3.63, 3.8) is 0 Å². The summed E-state index contributed by atoms with van der Waals surface area (Å²) < 4.78 is 0. The van der Waals surface area contributed by atoms with Crippen molar-refractivity contribution in [3.05, 3.63) is 29.8 Å². The van der Waals surface area contributed by atoms with Crippen LogP contribution in [0.25, 0.3) is 0 Å². The lowest BCUT2D eigenvalue weighted by atomic mass is 10.0. The molecule has 0 saturated carbocycles. The molecule has 3 N–H and O–H groups in total. The van der Waals surface area contributed by atoms with E-state index in [0.29, 0.717) is 12.1 Å². The molecule has 0 spiro atoms. The summed E-state index contributed by atoms with van der Waals surface area (Å²) in [6, 6.07) is 8.90. The highest BCUT2D eigenvalue weighted by atomic mass is 14.9. The number of rotatable bonds is 5. The van der Waals surface area contributed by atoms with Gasteiger partial charge < -0.3 is 11.1 Å². The Morgan fingerprint density at radius 1 is 1.12 bits per heavy atom. The monoisotopic (exact) mass is 220 g/mol. The molecule has 0 aliphatic carbocycles. The van der Waals surface area contributed by atoms with Gasteiger partial charge in [0.05, 0.1) is 0 Å². The minimum Gasteiger partial charge on any atom is -0.398 e. The van der Waals surface area contributed by atoms with Crippen LogP contribution in [0, 0.1) is 5.92 Å². The number of hydrogen-bond donors (Lipinski definition) is 2. The van der Waals surface area contributed by atoms with Gasteiger partial charge in [-0.1, -0.05) is 32.0 Å². The molecule has 0 bridgehead atoms. The summed E-state index contributed by atoms with van der Waals surface area (Å²) in [7, 11) is 0. The van der Waals surface area contributed by atoms with Crippen LogP contribution in [0.15, 0.2) is 24.3 Å². The smallest absolute Gasteiger partial charge is 0.0362 e. The SMILES string of the molecule is CC(C)CC(C)NC(C)c1ccccc1N. The van der Waals surface area contributed by atoms with E-state index in [2.05, 4.69) is 39.1 Å². The van der Waals surface area contributed by atoms with Gasteiger partial charge in [0.2, 0.25) is 0 Å². The predicted molar refractivity (Wildman–Crippen MR) is 71.3 cm³/mol. The first-order valence-electron chi connectivity index (χ1n) is 6.11. The van der Waals surface area contributed by atoms with Gasteiger partial charge in [-0.25, -0.2) is 0 Å². The highest BCUT2D eigenvalue weighted by Gasteiger charge is 2.12. The second-order valence-corrected chi connectivity index (χ2v) is 5.05. The zero-order chi connectivity index (χ0) is 12.1. The van der Waals surface area contributed by atoms with Crippen LogP contribution in [-0.4, -0.2) is 6.04 Å². The Labute approximate surface area is 99.2 Å². The Kier molecular flexibility index (Phi) is 4.81. The van der Waals surface area contributed by atoms with Gasteiger partial charge in [-0.2, -0.15) is 0 Å². The molecule has 0 saturated heterocycles. The molecule has 90 valence electrons. The van der Waals surface area contributed by atoms with E-state index in [4.69, 9.17) is 5.73 Å². The summed E-state index contributed by atoms with van der Waals surface area (Å²) in [5, 5.41) is 3.59. The summed E-state index contributed by atoms with van der Waals surface area (Å²) in [6.07, 6.45) is 1.19. The average Bonchev–Trinajstić information content (AvgIpc) is 2.16. The fourth-order valence-corrected chi connectivity index (χ4v) is 2.20. The molecule has 2 heteroatoms. The lowest BCUT2D eigenvalue weighted by Crippen LogP contribution is -2.30. The summed E-state index contributed by atoms with van der Waals surface area (Å²) in [5.74, 6) is 0.725. The molecule has 1 aromatic carbocycles. The molecule has 1 rings (SSSR count). The number of hydrogen-bond acceptors (Lipinski definition) is 2. The molecule has 16 heavy (non-hydrogen) atoms. The summed E-state index contributed by atoms with van der Waals surface area (Å²) in [6.45, 7) is 8.90. The van der Waals surface area contributed by atoms with Gasteiger partial charge in [-0.3, -0.25) is 0 Å². The van der Waals surface area contributed by atoms with Crippen LogP contribution in [-0.2, 0) is 0 Å². The molecule has 0 heterocycles. The van der Waals surface area contributed by atoms with E-state index in [1.165, 1.54) is 12.0 Å². The molecule has 2 unspecified atom stereocenters. The van der Waals surface area contributed by atoms with Crippen molar-refractivity contribution in [2.24, 2.45) is 5.92 Å². The Morgan fingerprint density at radius 3 is 2.31 bits per heavy atom. The third kappa shape index (κ3) is 3.86. The van der Waals surface area contributed by atoms with Gasteiger partial charge >= 0.3 is 0 Å². The maximum atomic E-state index is 5.96. The number of anilines is 1. The average molecular weight is 220 g/mol. The van der Waals surface area contributed by atoms with Crippen molar-refractivity contribution in [1.29, 1.82) is 0 Å². The Bertz CT molecular complexity index is 320. The van der Waals surface area contributed by atoms with Gasteiger partial charge in [-0.05, 0) is 37.8 Å². The minimum absolute atomic E-state index is 0.315. The number of para-hydroxylation sites is 1. The lowest BCUT2D eigenvalue weighted by molar-refractivity contribution is 0.407. The Morgan fingerprint density at radius 2 is 1.75 bits per heavy atom. The molecule has 0 radical (unpaired) electrons. The molecule has 0 aliphatic rings.